The summed E-state index contributed by atoms with van der Waals surface area (Å²) in [6, 6.07) is 4.03. The van der Waals surface area contributed by atoms with Gasteiger partial charge in [-0.05, 0) is 45.7 Å². The van der Waals surface area contributed by atoms with Crippen LogP contribution in [-0.4, -0.2) is 11.9 Å². The molecule has 16 heavy (non-hydrogen) atoms. The molecular formula is C14H20O2. The van der Waals surface area contributed by atoms with Crippen LogP contribution in [0.3, 0.4) is 0 Å². The highest BCUT2D eigenvalue weighted by atomic mass is 16.5. The highest BCUT2D eigenvalue weighted by Crippen LogP contribution is 2.28. The lowest BCUT2D eigenvalue weighted by Gasteiger charge is -2.17. The number of carbonyl (C=O) groups is 1. The minimum Gasteiger partial charge on any atom is -0.490 e. The summed E-state index contributed by atoms with van der Waals surface area (Å²) in [5, 5.41) is 0. The van der Waals surface area contributed by atoms with Crippen LogP contribution < -0.4 is 4.74 Å². The molecule has 0 aliphatic heterocycles. The van der Waals surface area contributed by atoms with Crippen LogP contribution >= 0.6 is 0 Å². The second-order valence-corrected chi connectivity index (χ2v) is 4.54. The minimum absolute atomic E-state index is 0.131. The first-order valence-electron chi connectivity index (χ1n) is 5.67. The fourth-order valence-corrected chi connectivity index (χ4v) is 1.65. The van der Waals surface area contributed by atoms with E-state index in [0.717, 1.165) is 16.9 Å². The second kappa shape index (κ2) is 5.15. The molecule has 1 rings (SSSR count). The Morgan fingerprint density at radius 2 is 1.94 bits per heavy atom. The topological polar surface area (TPSA) is 26.3 Å². The normalized spacial score (nSPS) is 10.6. The average Bonchev–Trinajstić information content (AvgIpc) is 2.16. The third kappa shape index (κ3) is 3.09. The molecule has 1 aromatic rings. The first-order chi connectivity index (χ1) is 7.41. The Labute approximate surface area is 97.6 Å². The maximum Gasteiger partial charge on any atom is 0.134 e. The Morgan fingerprint density at radius 3 is 2.44 bits per heavy atom. The number of ketones is 1. The van der Waals surface area contributed by atoms with Crippen molar-refractivity contribution >= 4 is 5.78 Å². The quantitative estimate of drug-likeness (QED) is 0.778. The molecule has 2 heteroatoms. The summed E-state index contributed by atoms with van der Waals surface area (Å²) in [5.41, 5.74) is 3.32. The van der Waals surface area contributed by atoms with Gasteiger partial charge in [0.1, 0.15) is 11.5 Å². The number of carbonyl (C=O) groups excluding carboxylic acids is 1. The van der Waals surface area contributed by atoms with Gasteiger partial charge < -0.3 is 4.74 Å². The molecule has 0 fully saturated rings. The summed E-state index contributed by atoms with van der Waals surface area (Å²) in [6.07, 6.45) is 0.578. The molecule has 0 radical (unpaired) electrons. The zero-order valence-electron chi connectivity index (χ0n) is 10.8. The largest absolute Gasteiger partial charge is 0.490 e. The zero-order valence-corrected chi connectivity index (χ0v) is 10.8. The Morgan fingerprint density at radius 1 is 1.31 bits per heavy atom. The molecule has 0 heterocycles. The highest BCUT2D eigenvalue weighted by Gasteiger charge is 2.12. The van der Waals surface area contributed by atoms with E-state index in [2.05, 4.69) is 6.92 Å². The Kier molecular flexibility index (Phi) is 4.11. The van der Waals surface area contributed by atoms with Gasteiger partial charge >= 0.3 is 0 Å². The molecule has 0 unspecified atom stereocenters. The van der Waals surface area contributed by atoms with Crippen molar-refractivity contribution in [2.24, 2.45) is 0 Å². The minimum atomic E-state index is 0.131. The lowest BCUT2D eigenvalue weighted by Crippen LogP contribution is -2.10. The van der Waals surface area contributed by atoms with Crippen molar-refractivity contribution in [3.8, 4) is 5.75 Å². The lowest BCUT2D eigenvalue weighted by atomic mass is 10.0. The van der Waals surface area contributed by atoms with E-state index in [-0.39, 0.29) is 11.9 Å². The number of Topliss-reactive ketones (excluding diaryl/α,β-unsaturated/α-hetero) is 1. The number of hydrogen-bond acceptors (Lipinski definition) is 2. The Balaban J connectivity index is 3.15. The van der Waals surface area contributed by atoms with E-state index in [1.54, 1.807) is 6.92 Å². The molecule has 0 spiro atoms. The Hall–Kier alpha value is -1.31. The van der Waals surface area contributed by atoms with Gasteiger partial charge in [-0.1, -0.05) is 12.1 Å². The van der Waals surface area contributed by atoms with Crippen LogP contribution in [0, 0.1) is 13.8 Å². The molecule has 0 saturated heterocycles. The zero-order chi connectivity index (χ0) is 12.3. The SMILES string of the molecule is CC(=O)Cc1ccc(C)c(C)c1OC(C)C. The maximum atomic E-state index is 11.2. The van der Waals surface area contributed by atoms with Gasteiger partial charge in [0, 0.05) is 12.0 Å². The molecule has 88 valence electrons. The number of hydrogen-bond donors (Lipinski definition) is 0. The Bertz CT molecular complexity index is 392. The van der Waals surface area contributed by atoms with Crippen molar-refractivity contribution in [1.29, 1.82) is 0 Å². The molecule has 0 atom stereocenters. The fourth-order valence-electron chi connectivity index (χ4n) is 1.65. The number of ether oxygens (including phenoxy) is 1. The molecule has 0 aromatic heterocycles. The van der Waals surface area contributed by atoms with Crippen molar-refractivity contribution in [3.05, 3.63) is 28.8 Å². The third-order valence-corrected chi connectivity index (χ3v) is 2.55. The fraction of sp³-hybridized carbons (Fsp3) is 0.500. The van der Waals surface area contributed by atoms with E-state index in [9.17, 15) is 4.79 Å². The van der Waals surface area contributed by atoms with Gasteiger partial charge in [0.2, 0.25) is 0 Å². The summed E-state index contributed by atoms with van der Waals surface area (Å²) < 4.78 is 5.81. The molecule has 0 bridgehead atoms. The van der Waals surface area contributed by atoms with E-state index in [1.807, 2.05) is 32.9 Å². The molecule has 1 aromatic carbocycles. The highest BCUT2D eigenvalue weighted by molar-refractivity contribution is 5.79. The standard InChI is InChI=1S/C14H20O2/c1-9(2)16-14-12(5)10(3)6-7-13(14)8-11(4)15/h6-7,9H,8H2,1-5H3. The van der Waals surface area contributed by atoms with Gasteiger partial charge in [0.15, 0.2) is 0 Å². The van der Waals surface area contributed by atoms with E-state index >= 15 is 0 Å². The summed E-state index contributed by atoms with van der Waals surface area (Å²) in [7, 11) is 0. The van der Waals surface area contributed by atoms with Gasteiger partial charge in [-0.25, -0.2) is 0 Å². The smallest absolute Gasteiger partial charge is 0.134 e. The van der Waals surface area contributed by atoms with Crippen LogP contribution in [0.4, 0.5) is 0 Å². The first-order valence-corrected chi connectivity index (χ1v) is 5.67. The van der Waals surface area contributed by atoms with Crippen LogP contribution in [0.25, 0.3) is 0 Å². The second-order valence-electron chi connectivity index (χ2n) is 4.54. The summed E-state index contributed by atoms with van der Waals surface area (Å²) in [5.74, 6) is 1.04. The number of benzene rings is 1. The van der Waals surface area contributed by atoms with Crippen LogP contribution in [-0.2, 0) is 11.2 Å². The van der Waals surface area contributed by atoms with E-state index in [1.165, 1.54) is 5.56 Å². The predicted molar refractivity (Wildman–Crippen MR) is 66.1 cm³/mol. The number of aryl methyl sites for hydroxylation is 1. The molecule has 0 aliphatic carbocycles. The predicted octanol–water partition coefficient (Wildman–Crippen LogP) is 3.22. The van der Waals surface area contributed by atoms with E-state index in [4.69, 9.17) is 4.74 Å². The molecular weight excluding hydrogens is 200 g/mol. The average molecular weight is 220 g/mol. The molecule has 0 amide bonds. The first kappa shape index (κ1) is 12.8. The van der Waals surface area contributed by atoms with Crippen LogP contribution in [0.2, 0.25) is 0 Å². The molecule has 0 N–H and O–H groups in total. The molecule has 2 nitrogen and oxygen atoms in total. The van der Waals surface area contributed by atoms with Crippen LogP contribution in [0.1, 0.15) is 37.5 Å². The summed E-state index contributed by atoms with van der Waals surface area (Å²) in [4.78, 5) is 11.2. The van der Waals surface area contributed by atoms with Crippen molar-refractivity contribution in [3.63, 3.8) is 0 Å². The van der Waals surface area contributed by atoms with E-state index < -0.39 is 0 Å². The van der Waals surface area contributed by atoms with Gasteiger partial charge in [0.05, 0.1) is 6.10 Å². The van der Waals surface area contributed by atoms with Crippen LogP contribution in [0.15, 0.2) is 12.1 Å². The maximum absolute atomic E-state index is 11.2. The van der Waals surface area contributed by atoms with Crippen molar-refractivity contribution in [1.82, 2.24) is 0 Å². The van der Waals surface area contributed by atoms with Crippen molar-refractivity contribution in [2.75, 3.05) is 0 Å². The summed E-state index contributed by atoms with van der Waals surface area (Å²) in [6.45, 7) is 9.70. The summed E-state index contributed by atoms with van der Waals surface area (Å²) >= 11 is 0. The van der Waals surface area contributed by atoms with Gasteiger partial charge in [-0.3, -0.25) is 4.79 Å². The third-order valence-electron chi connectivity index (χ3n) is 2.55. The molecule has 0 saturated carbocycles. The number of rotatable bonds is 4. The van der Waals surface area contributed by atoms with Crippen molar-refractivity contribution in [2.45, 2.75) is 47.1 Å². The lowest BCUT2D eigenvalue weighted by molar-refractivity contribution is -0.116. The molecule has 0 aliphatic rings. The van der Waals surface area contributed by atoms with Gasteiger partial charge in [0.25, 0.3) is 0 Å². The van der Waals surface area contributed by atoms with E-state index in [0.29, 0.717) is 6.42 Å². The van der Waals surface area contributed by atoms with Crippen molar-refractivity contribution < 1.29 is 9.53 Å². The monoisotopic (exact) mass is 220 g/mol. The van der Waals surface area contributed by atoms with Gasteiger partial charge in [-0.2, -0.15) is 0 Å². The van der Waals surface area contributed by atoms with Gasteiger partial charge in [-0.15, -0.1) is 0 Å². The van der Waals surface area contributed by atoms with Crippen LogP contribution in [0.5, 0.6) is 5.75 Å².